The summed E-state index contributed by atoms with van der Waals surface area (Å²) in [5.74, 6) is -0.441. The molecule has 2 rings (SSSR count). The van der Waals surface area contributed by atoms with E-state index in [1.807, 2.05) is 30.3 Å². The maximum absolute atomic E-state index is 11.9. The Labute approximate surface area is 140 Å². The number of carbonyl (C=O) groups excluding carboxylic acids is 2. The third-order valence-corrected chi connectivity index (χ3v) is 3.37. The average molecular weight is 329 g/mol. The summed E-state index contributed by atoms with van der Waals surface area (Å²) in [7, 11) is 1.25. The van der Waals surface area contributed by atoms with Gasteiger partial charge < -0.3 is 19.9 Å². The summed E-state index contributed by atoms with van der Waals surface area (Å²) in [5.41, 5.74) is 1.62. The van der Waals surface area contributed by atoms with Crippen LogP contribution in [-0.4, -0.2) is 30.3 Å². The van der Waals surface area contributed by atoms with Gasteiger partial charge in [0.1, 0.15) is 18.4 Å². The van der Waals surface area contributed by atoms with Crippen LogP contribution >= 0.6 is 0 Å². The lowest BCUT2D eigenvalue weighted by Gasteiger charge is -2.16. The molecule has 0 spiro atoms. The molecule has 0 heterocycles. The van der Waals surface area contributed by atoms with Crippen molar-refractivity contribution in [3.8, 4) is 5.75 Å². The molecular weight excluding hydrogens is 310 g/mol. The molecule has 0 unspecified atom stereocenters. The second-order valence-corrected chi connectivity index (χ2v) is 5.15. The predicted octanol–water partition coefficient (Wildman–Crippen LogP) is 2.40. The van der Waals surface area contributed by atoms with Gasteiger partial charge in [-0.3, -0.25) is 0 Å². The van der Waals surface area contributed by atoms with E-state index in [0.29, 0.717) is 0 Å². The second-order valence-electron chi connectivity index (χ2n) is 5.15. The summed E-state index contributed by atoms with van der Waals surface area (Å²) < 4.78 is 9.83. The van der Waals surface area contributed by atoms with Gasteiger partial charge >= 0.3 is 12.1 Å². The molecule has 0 saturated heterocycles. The van der Waals surface area contributed by atoms with Crippen LogP contribution in [0.15, 0.2) is 54.6 Å². The number of ether oxygens (including phenoxy) is 2. The molecule has 0 aromatic heterocycles. The summed E-state index contributed by atoms with van der Waals surface area (Å²) in [6, 6.07) is 14.7. The lowest BCUT2D eigenvalue weighted by Crippen LogP contribution is -2.43. The maximum Gasteiger partial charge on any atom is 0.408 e. The van der Waals surface area contributed by atoms with Crippen molar-refractivity contribution < 1.29 is 24.2 Å². The molecule has 0 fully saturated rings. The number of alkyl carbamates (subject to hydrolysis) is 1. The maximum atomic E-state index is 11.9. The monoisotopic (exact) mass is 329 g/mol. The number of phenolic OH excluding ortho intramolecular Hbond substituents is 1. The number of benzene rings is 2. The summed E-state index contributed by atoms with van der Waals surface area (Å²) in [4.78, 5) is 23.8. The number of nitrogens with one attached hydrogen (secondary N) is 1. The lowest BCUT2D eigenvalue weighted by atomic mass is 10.1. The van der Waals surface area contributed by atoms with E-state index in [-0.39, 0.29) is 18.8 Å². The van der Waals surface area contributed by atoms with Gasteiger partial charge in [0, 0.05) is 6.42 Å². The molecule has 2 aromatic rings. The van der Waals surface area contributed by atoms with Crippen LogP contribution in [0.2, 0.25) is 0 Å². The molecular formula is C18H19NO5. The van der Waals surface area contributed by atoms with Gasteiger partial charge in [-0.25, -0.2) is 9.59 Å². The number of methoxy groups -OCH3 is 1. The van der Waals surface area contributed by atoms with Crippen LogP contribution in [0.25, 0.3) is 0 Å². The van der Waals surface area contributed by atoms with Gasteiger partial charge in [-0.15, -0.1) is 0 Å². The van der Waals surface area contributed by atoms with Gasteiger partial charge in [-0.2, -0.15) is 0 Å². The average Bonchev–Trinajstić information content (AvgIpc) is 2.61. The molecule has 24 heavy (non-hydrogen) atoms. The van der Waals surface area contributed by atoms with E-state index in [1.54, 1.807) is 12.1 Å². The number of rotatable bonds is 6. The molecule has 0 aliphatic heterocycles. The van der Waals surface area contributed by atoms with Crippen molar-refractivity contribution in [2.24, 2.45) is 0 Å². The quantitative estimate of drug-likeness (QED) is 0.795. The van der Waals surface area contributed by atoms with Gasteiger partial charge in [0.25, 0.3) is 0 Å². The van der Waals surface area contributed by atoms with Crippen LogP contribution in [0.3, 0.4) is 0 Å². The Hall–Kier alpha value is -3.02. The molecule has 1 atom stereocenters. The van der Waals surface area contributed by atoms with Crippen molar-refractivity contribution in [3.05, 3.63) is 65.7 Å². The van der Waals surface area contributed by atoms with E-state index >= 15 is 0 Å². The standard InChI is InChI=1S/C18H19NO5/c1-23-17(21)16(11-13-7-9-15(20)10-8-13)19-18(22)24-12-14-5-3-2-4-6-14/h2-10,16,20H,11-12H2,1H3,(H,19,22)/t16-/m1/s1. The minimum Gasteiger partial charge on any atom is -0.508 e. The van der Waals surface area contributed by atoms with Gasteiger partial charge in [-0.05, 0) is 23.3 Å². The molecule has 126 valence electrons. The van der Waals surface area contributed by atoms with Gasteiger partial charge in [-0.1, -0.05) is 42.5 Å². The van der Waals surface area contributed by atoms with E-state index in [9.17, 15) is 14.7 Å². The molecule has 6 nitrogen and oxygen atoms in total. The molecule has 1 amide bonds. The van der Waals surface area contributed by atoms with Crippen molar-refractivity contribution >= 4 is 12.1 Å². The normalized spacial score (nSPS) is 11.4. The number of hydrogen-bond donors (Lipinski definition) is 2. The summed E-state index contributed by atoms with van der Waals surface area (Å²) >= 11 is 0. The first-order valence-corrected chi connectivity index (χ1v) is 7.41. The van der Waals surface area contributed by atoms with Gasteiger partial charge in [0.15, 0.2) is 0 Å². The molecule has 0 bridgehead atoms. The highest BCUT2D eigenvalue weighted by Gasteiger charge is 2.22. The van der Waals surface area contributed by atoms with E-state index in [2.05, 4.69) is 5.32 Å². The van der Waals surface area contributed by atoms with E-state index in [1.165, 1.54) is 19.2 Å². The van der Waals surface area contributed by atoms with Crippen molar-refractivity contribution in [3.63, 3.8) is 0 Å². The van der Waals surface area contributed by atoms with Crippen LogP contribution in [0, 0.1) is 0 Å². The number of hydrogen-bond acceptors (Lipinski definition) is 5. The van der Waals surface area contributed by atoms with Crippen molar-refractivity contribution in [2.75, 3.05) is 7.11 Å². The molecule has 2 aromatic carbocycles. The summed E-state index contributed by atoms with van der Waals surface area (Å²) in [5, 5.41) is 11.8. The molecule has 2 N–H and O–H groups in total. The summed E-state index contributed by atoms with van der Waals surface area (Å²) in [6.45, 7) is 0.111. The number of esters is 1. The molecule has 0 radical (unpaired) electrons. The minimum absolute atomic E-state index is 0.111. The molecule has 0 aliphatic rings. The Morgan fingerprint density at radius 1 is 1.04 bits per heavy atom. The Morgan fingerprint density at radius 2 is 1.71 bits per heavy atom. The first-order chi connectivity index (χ1) is 11.6. The topological polar surface area (TPSA) is 84.9 Å². The Kier molecular flexibility index (Phi) is 6.19. The third-order valence-electron chi connectivity index (χ3n) is 3.37. The van der Waals surface area contributed by atoms with Crippen LogP contribution in [0.4, 0.5) is 4.79 Å². The fourth-order valence-electron chi connectivity index (χ4n) is 2.11. The van der Waals surface area contributed by atoms with Crippen LogP contribution in [0.1, 0.15) is 11.1 Å². The fourth-order valence-corrected chi connectivity index (χ4v) is 2.11. The van der Waals surface area contributed by atoms with Crippen LogP contribution < -0.4 is 5.32 Å². The molecule has 0 aliphatic carbocycles. The Morgan fingerprint density at radius 3 is 2.33 bits per heavy atom. The first-order valence-electron chi connectivity index (χ1n) is 7.41. The van der Waals surface area contributed by atoms with Gasteiger partial charge in [0.05, 0.1) is 7.11 Å². The number of phenols is 1. The van der Waals surface area contributed by atoms with Crippen LogP contribution in [0.5, 0.6) is 5.75 Å². The Balaban J connectivity index is 1.93. The predicted molar refractivity (Wildman–Crippen MR) is 87.4 cm³/mol. The lowest BCUT2D eigenvalue weighted by molar-refractivity contribution is -0.143. The zero-order valence-electron chi connectivity index (χ0n) is 13.3. The van der Waals surface area contributed by atoms with E-state index in [4.69, 9.17) is 9.47 Å². The number of carbonyl (C=O) groups is 2. The van der Waals surface area contributed by atoms with E-state index in [0.717, 1.165) is 11.1 Å². The second kappa shape index (κ2) is 8.57. The van der Waals surface area contributed by atoms with Crippen LogP contribution in [-0.2, 0) is 27.3 Å². The zero-order chi connectivity index (χ0) is 17.4. The zero-order valence-corrected chi connectivity index (χ0v) is 13.3. The summed E-state index contributed by atoms with van der Waals surface area (Å²) in [6.07, 6.45) is -0.471. The highest BCUT2D eigenvalue weighted by Crippen LogP contribution is 2.12. The van der Waals surface area contributed by atoms with Crippen molar-refractivity contribution in [2.45, 2.75) is 19.1 Å². The first kappa shape index (κ1) is 17.3. The highest BCUT2D eigenvalue weighted by atomic mass is 16.6. The SMILES string of the molecule is COC(=O)[C@@H](Cc1ccc(O)cc1)NC(=O)OCc1ccccc1. The molecule has 6 heteroatoms. The molecule has 0 saturated carbocycles. The Bertz CT molecular complexity index is 670. The number of amides is 1. The van der Waals surface area contributed by atoms with Crippen molar-refractivity contribution in [1.29, 1.82) is 0 Å². The number of aromatic hydroxyl groups is 1. The minimum atomic E-state index is -0.872. The smallest absolute Gasteiger partial charge is 0.408 e. The fraction of sp³-hybridized carbons (Fsp3) is 0.222. The largest absolute Gasteiger partial charge is 0.508 e. The highest BCUT2D eigenvalue weighted by molar-refractivity contribution is 5.81. The van der Waals surface area contributed by atoms with Gasteiger partial charge in [0.2, 0.25) is 0 Å². The van der Waals surface area contributed by atoms with E-state index < -0.39 is 18.1 Å². The third kappa shape index (κ3) is 5.31. The van der Waals surface area contributed by atoms with Crippen molar-refractivity contribution in [1.82, 2.24) is 5.32 Å².